The van der Waals surface area contributed by atoms with Crippen LogP contribution in [0.2, 0.25) is 0 Å². The second kappa shape index (κ2) is 9.26. The standard InChI is InChI=1S/C29H28N2O3/c1-30-28(33)26-23(19-11-5-2-6-12-19)24(27(32)21-15-9-4-10-16-21)25(20-13-7-3-8-14-20)31(26)29(34)22-17-18-22/h2-16,22-26H,17-18H2,1H3,(H,30,33). The molecule has 1 N–H and O–H groups in total. The molecule has 2 fully saturated rings. The largest absolute Gasteiger partial charge is 0.357 e. The summed E-state index contributed by atoms with van der Waals surface area (Å²) in [5.74, 6) is -1.48. The summed E-state index contributed by atoms with van der Waals surface area (Å²) in [6.07, 6.45) is 1.65. The van der Waals surface area contributed by atoms with Gasteiger partial charge in [0, 0.05) is 24.4 Å². The minimum Gasteiger partial charge on any atom is -0.357 e. The van der Waals surface area contributed by atoms with Crippen molar-refractivity contribution in [3.63, 3.8) is 0 Å². The second-order valence-corrected chi connectivity index (χ2v) is 9.13. The zero-order valence-electron chi connectivity index (χ0n) is 19.1. The summed E-state index contributed by atoms with van der Waals surface area (Å²) in [7, 11) is 1.59. The number of hydrogen-bond acceptors (Lipinski definition) is 3. The first-order chi connectivity index (χ1) is 16.6. The van der Waals surface area contributed by atoms with Gasteiger partial charge in [-0.25, -0.2) is 0 Å². The topological polar surface area (TPSA) is 66.5 Å². The zero-order chi connectivity index (χ0) is 23.7. The number of nitrogens with one attached hydrogen (secondary N) is 1. The minimum atomic E-state index is -0.775. The van der Waals surface area contributed by atoms with Crippen LogP contribution in [0.15, 0.2) is 91.0 Å². The molecule has 172 valence electrons. The van der Waals surface area contributed by atoms with E-state index in [1.807, 2.05) is 91.0 Å². The van der Waals surface area contributed by atoms with E-state index in [2.05, 4.69) is 5.32 Å². The molecule has 1 heterocycles. The number of hydrogen-bond donors (Lipinski definition) is 1. The quantitative estimate of drug-likeness (QED) is 0.565. The molecule has 0 aromatic heterocycles. The van der Waals surface area contributed by atoms with Gasteiger partial charge in [-0.15, -0.1) is 0 Å². The molecule has 2 amide bonds. The number of carbonyl (C=O) groups excluding carboxylic acids is 3. The molecule has 1 saturated heterocycles. The predicted octanol–water partition coefficient (Wildman–Crippen LogP) is 4.38. The number of benzene rings is 3. The Labute approximate surface area is 199 Å². The highest BCUT2D eigenvalue weighted by Crippen LogP contribution is 2.52. The number of amides is 2. The third-order valence-corrected chi connectivity index (χ3v) is 7.05. The molecule has 1 aliphatic carbocycles. The summed E-state index contributed by atoms with van der Waals surface area (Å²) >= 11 is 0. The van der Waals surface area contributed by atoms with E-state index in [1.165, 1.54) is 0 Å². The maximum atomic E-state index is 14.2. The van der Waals surface area contributed by atoms with Crippen molar-refractivity contribution in [2.24, 2.45) is 11.8 Å². The van der Waals surface area contributed by atoms with Gasteiger partial charge in [-0.2, -0.15) is 0 Å². The molecule has 0 radical (unpaired) electrons. The van der Waals surface area contributed by atoms with Crippen molar-refractivity contribution in [1.82, 2.24) is 10.2 Å². The van der Waals surface area contributed by atoms with Gasteiger partial charge < -0.3 is 10.2 Å². The van der Waals surface area contributed by atoms with E-state index in [1.54, 1.807) is 11.9 Å². The third kappa shape index (κ3) is 3.92. The second-order valence-electron chi connectivity index (χ2n) is 9.13. The lowest BCUT2D eigenvalue weighted by Crippen LogP contribution is -2.48. The molecule has 4 unspecified atom stereocenters. The van der Waals surface area contributed by atoms with Crippen molar-refractivity contribution in [3.05, 3.63) is 108 Å². The van der Waals surface area contributed by atoms with E-state index >= 15 is 0 Å². The Morgan fingerprint density at radius 2 is 1.29 bits per heavy atom. The van der Waals surface area contributed by atoms with Gasteiger partial charge in [0.1, 0.15) is 6.04 Å². The van der Waals surface area contributed by atoms with Gasteiger partial charge >= 0.3 is 0 Å². The molecule has 4 atom stereocenters. The average molecular weight is 453 g/mol. The Balaban J connectivity index is 1.74. The Kier molecular flexibility index (Phi) is 6.01. The first-order valence-electron chi connectivity index (χ1n) is 11.8. The van der Waals surface area contributed by atoms with Crippen LogP contribution in [0, 0.1) is 11.8 Å². The number of carbonyl (C=O) groups is 3. The van der Waals surface area contributed by atoms with Crippen molar-refractivity contribution in [3.8, 4) is 0 Å². The molecule has 34 heavy (non-hydrogen) atoms. The van der Waals surface area contributed by atoms with E-state index < -0.39 is 23.9 Å². The smallest absolute Gasteiger partial charge is 0.243 e. The Hall–Kier alpha value is -3.73. The lowest BCUT2D eigenvalue weighted by molar-refractivity contribution is -0.141. The molecule has 0 bridgehead atoms. The van der Waals surface area contributed by atoms with Crippen molar-refractivity contribution in [2.45, 2.75) is 30.8 Å². The molecule has 1 saturated carbocycles. The molecule has 2 aliphatic rings. The third-order valence-electron chi connectivity index (χ3n) is 7.05. The van der Waals surface area contributed by atoms with Crippen LogP contribution >= 0.6 is 0 Å². The molecule has 3 aromatic rings. The molecule has 0 spiro atoms. The van der Waals surface area contributed by atoms with Crippen molar-refractivity contribution in [1.29, 1.82) is 0 Å². The highest BCUT2D eigenvalue weighted by atomic mass is 16.2. The van der Waals surface area contributed by atoms with Gasteiger partial charge in [-0.05, 0) is 24.0 Å². The zero-order valence-corrected chi connectivity index (χ0v) is 19.1. The summed E-state index contributed by atoms with van der Waals surface area (Å²) in [6.45, 7) is 0. The van der Waals surface area contributed by atoms with Crippen LogP contribution in [-0.2, 0) is 9.59 Å². The molecule has 5 heteroatoms. The van der Waals surface area contributed by atoms with Crippen LogP contribution in [0.1, 0.15) is 46.3 Å². The summed E-state index contributed by atoms with van der Waals surface area (Å²) in [5, 5.41) is 2.78. The first-order valence-corrected chi connectivity index (χ1v) is 11.8. The number of rotatable bonds is 6. The van der Waals surface area contributed by atoms with Gasteiger partial charge in [0.25, 0.3) is 0 Å². The average Bonchev–Trinajstić information content (AvgIpc) is 3.69. The number of nitrogens with zero attached hydrogens (tertiary/aromatic N) is 1. The fourth-order valence-corrected chi connectivity index (χ4v) is 5.35. The summed E-state index contributed by atoms with van der Waals surface area (Å²) in [6, 6.07) is 27.2. The predicted molar refractivity (Wildman–Crippen MR) is 130 cm³/mol. The monoisotopic (exact) mass is 452 g/mol. The highest BCUT2D eigenvalue weighted by molar-refractivity contribution is 6.02. The van der Waals surface area contributed by atoms with E-state index in [0.29, 0.717) is 5.56 Å². The molecule has 5 rings (SSSR count). The molecule has 5 nitrogen and oxygen atoms in total. The van der Waals surface area contributed by atoms with Crippen molar-refractivity contribution >= 4 is 17.6 Å². The van der Waals surface area contributed by atoms with E-state index in [4.69, 9.17) is 0 Å². The van der Waals surface area contributed by atoms with Gasteiger partial charge in [0.15, 0.2) is 5.78 Å². The Morgan fingerprint density at radius 1 is 0.765 bits per heavy atom. The lowest BCUT2D eigenvalue weighted by Gasteiger charge is -2.31. The van der Waals surface area contributed by atoms with Gasteiger partial charge in [0.2, 0.25) is 11.8 Å². The first kappa shape index (κ1) is 22.1. The summed E-state index contributed by atoms with van der Waals surface area (Å²) in [5.41, 5.74) is 2.35. The number of Topliss-reactive ketones (excluding diaryl/α,β-unsaturated/α-hetero) is 1. The molecule has 1 aliphatic heterocycles. The van der Waals surface area contributed by atoms with Crippen LogP contribution in [-0.4, -0.2) is 35.6 Å². The van der Waals surface area contributed by atoms with E-state index in [9.17, 15) is 14.4 Å². The normalized spacial score (nSPS) is 24.0. The summed E-state index contributed by atoms with van der Waals surface area (Å²) in [4.78, 5) is 43.0. The van der Waals surface area contributed by atoms with E-state index in [-0.39, 0.29) is 23.5 Å². The fourth-order valence-electron chi connectivity index (χ4n) is 5.35. The minimum absolute atomic E-state index is 0.0354. The Morgan fingerprint density at radius 3 is 1.82 bits per heavy atom. The van der Waals surface area contributed by atoms with Crippen LogP contribution in [0.25, 0.3) is 0 Å². The van der Waals surface area contributed by atoms with Gasteiger partial charge in [-0.3, -0.25) is 14.4 Å². The number of ketones is 1. The van der Waals surface area contributed by atoms with Crippen molar-refractivity contribution in [2.75, 3.05) is 7.05 Å². The van der Waals surface area contributed by atoms with E-state index in [0.717, 1.165) is 24.0 Å². The van der Waals surface area contributed by atoms with Crippen LogP contribution < -0.4 is 5.32 Å². The molecular formula is C29H28N2O3. The van der Waals surface area contributed by atoms with Crippen LogP contribution in [0.3, 0.4) is 0 Å². The lowest BCUT2D eigenvalue weighted by atomic mass is 9.76. The molecule has 3 aromatic carbocycles. The van der Waals surface area contributed by atoms with Crippen molar-refractivity contribution < 1.29 is 14.4 Å². The van der Waals surface area contributed by atoms with Gasteiger partial charge in [0.05, 0.1) is 12.0 Å². The molecular weight excluding hydrogens is 424 g/mol. The summed E-state index contributed by atoms with van der Waals surface area (Å²) < 4.78 is 0. The number of likely N-dealkylation sites (N-methyl/N-ethyl adjacent to an activating group) is 1. The van der Waals surface area contributed by atoms with Crippen LogP contribution in [0.5, 0.6) is 0 Å². The van der Waals surface area contributed by atoms with Gasteiger partial charge in [-0.1, -0.05) is 91.0 Å². The maximum absolute atomic E-state index is 14.2. The van der Waals surface area contributed by atoms with Crippen LogP contribution in [0.4, 0.5) is 0 Å². The highest BCUT2D eigenvalue weighted by Gasteiger charge is 2.58. The fraction of sp³-hybridized carbons (Fsp3) is 0.276. The maximum Gasteiger partial charge on any atom is 0.243 e. The Bertz CT molecular complexity index is 1180. The number of likely N-dealkylation sites (tertiary alicyclic amines) is 1. The SMILES string of the molecule is CNC(=O)C1C(c2ccccc2)C(C(=O)c2ccccc2)C(c2ccccc2)N1C(=O)C1CC1.